The summed E-state index contributed by atoms with van der Waals surface area (Å²) in [7, 11) is 0. The smallest absolute Gasteiger partial charge is 0.135 e. The summed E-state index contributed by atoms with van der Waals surface area (Å²) in [5.41, 5.74) is 23.3. The lowest BCUT2D eigenvalue weighted by Crippen LogP contribution is -2.10. The van der Waals surface area contributed by atoms with Gasteiger partial charge in [0.2, 0.25) is 0 Å². The Balaban J connectivity index is 0.841. The van der Waals surface area contributed by atoms with E-state index in [1.54, 1.807) is 0 Å². The fraction of sp³-hybridized carbons (Fsp3) is 0.0250. The van der Waals surface area contributed by atoms with E-state index in [0.717, 1.165) is 139 Å². The topological polar surface area (TPSA) is 74.6 Å². The summed E-state index contributed by atoms with van der Waals surface area (Å²) < 4.78 is 11.6. The number of hydrogen-bond acceptors (Lipinski definition) is 5. The van der Waals surface area contributed by atoms with Crippen LogP contribution in [0.2, 0.25) is 0 Å². The van der Waals surface area contributed by atoms with Crippen LogP contribution in [0.15, 0.2) is 308 Å². The number of allylic oxidation sites excluding steroid dienone is 4. The number of hydrogen-bond donors (Lipinski definition) is 0. The van der Waals surface area contributed by atoms with Crippen LogP contribution >= 0.6 is 0 Å². The van der Waals surface area contributed by atoms with Crippen molar-refractivity contribution in [3.63, 3.8) is 0 Å². The zero-order valence-corrected chi connectivity index (χ0v) is 47.1. The number of furan rings is 1. The van der Waals surface area contributed by atoms with Crippen LogP contribution in [0.5, 0.6) is 0 Å². The Bertz CT molecular complexity index is 5270. The van der Waals surface area contributed by atoms with E-state index in [-0.39, 0.29) is 11.8 Å². The van der Waals surface area contributed by atoms with E-state index in [1.807, 2.05) is 49.1 Å². The molecule has 0 amide bonds. The molecule has 2 unspecified atom stereocenters. The van der Waals surface area contributed by atoms with Crippen molar-refractivity contribution in [3.05, 3.63) is 315 Å². The second-order valence-electron chi connectivity index (χ2n) is 22.5. The fourth-order valence-corrected chi connectivity index (χ4v) is 13.6. The standard InChI is InChI=1S/C80H52N6O/c1-5-21-61(71-25-9-13-41-81-71)57(17-1)51-29-35-75-65(45-51)66-46-52(58-18-2-6-22-62(58)72-26-10-14-42-82-72)30-36-76(66)85(75)55-33-39-79-69(49-55)70-50-56(34-40-80(70)87-79)86-77-37-31-53(59-19-3-7-23-63(59)73-27-11-15-43-83-73)47-67(77)68-48-54(32-38-78(68)86)60-20-4-8-24-64(60)74-28-12-16-44-84-74/h1-50,57,61H. The van der Waals surface area contributed by atoms with Gasteiger partial charge in [-0.15, -0.1) is 0 Å². The van der Waals surface area contributed by atoms with Gasteiger partial charge in [-0.25, -0.2) is 0 Å². The summed E-state index contributed by atoms with van der Waals surface area (Å²) >= 11 is 0. The molecule has 0 aliphatic heterocycles. The zero-order chi connectivity index (χ0) is 57.4. The van der Waals surface area contributed by atoms with Gasteiger partial charge < -0.3 is 13.6 Å². The molecule has 0 saturated heterocycles. The lowest BCUT2D eigenvalue weighted by molar-refractivity contribution is 0.669. The van der Waals surface area contributed by atoms with E-state index >= 15 is 0 Å². The maximum Gasteiger partial charge on any atom is 0.135 e. The number of rotatable bonds is 10. The molecule has 0 N–H and O–H groups in total. The summed E-state index contributed by atoms with van der Waals surface area (Å²) in [6, 6.07) is 91.4. The van der Waals surface area contributed by atoms with Gasteiger partial charge in [0.1, 0.15) is 11.2 Å². The number of pyridine rings is 4. The van der Waals surface area contributed by atoms with Crippen LogP contribution in [0.1, 0.15) is 23.1 Å². The van der Waals surface area contributed by atoms with E-state index in [4.69, 9.17) is 24.4 Å². The van der Waals surface area contributed by atoms with Crippen molar-refractivity contribution < 1.29 is 4.42 Å². The number of aromatic nitrogens is 6. The van der Waals surface area contributed by atoms with Gasteiger partial charge in [-0.2, -0.15) is 0 Å². The van der Waals surface area contributed by atoms with Crippen LogP contribution in [-0.4, -0.2) is 29.1 Å². The molecule has 2 atom stereocenters. The van der Waals surface area contributed by atoms with Crippen molar-refractivity contribution in [2.75, 3.05) is 0 Å². The second-order valence-corrected chi connectivity index (χ2v) is 22.5. The highest BCUT2D eigenvalue weighted by atomic mass is 16.3. The van der Waals surface area contributed by atoms with Crippen molar-refractivity contribution in [2.45, 2.75) is 11.8 Å². The highest BCUT2D eigenvalue weighted by Crippen LogP contribution is 2.45. The van der Waals surface area contributed by atoms with Crippen molar-refractivity contribution in [3.8, 4) is 78.5 Å². The van der Waals surface area contributed by atoms with Crippen molar-refractivity contribution >= 4 is 65.6 Å². The molecule has 16 aromatic rings. The van der Waals surface area contributed by atoms with Gasteiger partial charge in [-0.1, -0.05) is 146 Å². The van der Waals surface area contributed by atoms with E-state index in [2.05, 4.69) is 264 Å². The Kier molecular flexibility index (Phi) is 11.9. The van der Waals surface area contributed by atoms with Gasteiger partial charge in [0.15, 0.2) is 0 Å². The molecule has 408 valence electrons. The maximum absolute atomic E-state index is 6.76. The Labute approximate surface area is 501 Å². The van der Waals surface area contributed by atoms with Crippen molar-refractivity contribution in [1.82, 2.24) is 29.1 Å². The third kappa shape index (κ3) is 8.50. The van der Waals surface area contributed by atoms with Crippen molar-refractivity contribution in [2.24, 2.45) is 0 Å². The van der Waals surface area contributed by atoms with Gasteiger partial charge in [0.05, 0.1) is 39.1 Å². The second kappa shape index (κ2) is 20.7. The van der Waals surface area contributed by atoms with E-state index < -0.39 is 0 Å². The highest BCUT2D eigenvalue weighted by molar-refractivity contribution is 6.15. The van der Waals surface area contributed by atoms with Crippen LogP contribution < -0.4 is 0 Å². The van der Waals surface area contributed by atoms with Crippen LogP contribution in [0.25, 0.3) is 144 Å². The SMILES string of the molecule is C1=CC(c2ccc3c(c2)c2cc(-c4ccccc4-c4ccccn4)ccc2n3-c2ccc3oc4ccc(-n5c6ccc(-c7ccccc7-c7ccccn7)cc6c6cc(-c7ccccc7-c7ccccn7)ccc65)cc4c3c2)C(c2ccccn2)C=C1. The third-order valence-corrected chi connectivity index (χ3v) is 17.6. The minimum absolute atomic E-state index is 0.0994. The molecule has 9 aromatic carbocycles. The Hall–Kier alpha value is -11.5. The van der Waals surface area contributed by atoms with Crippen molar-refractivity contribution in [1.29, 1.82) is 0 Å². The van der Waals surface area contributed by atoms with Crippen LogP contribution in [0.4, 0.5) is 0 Å². The molecular formula is C80H52N6O. The molecular weight excluding hydrogens is 1060 g/mol. The quantitative estimate of drug-likeness (QED) is 0.136. The largest absolute Gasteiger partial charge is 0.456 e. The Morgan fingerprint density at radius 2 is 0.667 bits per heavy atom. The van der Waals surface area contributed by atoms with Crippen LogP contribution in [-0.2, 0) is 0 Å². The molecule has 7 nitrogen and oxygen atoms in total. The lowest BCUT2D eigenvalue weighted by atomic mass is 9.80. The van der Waals surface area contributed by atoms with Gasteiger partial charge in [0, 0.05) is 103 Å². The first-order valence-corrected chi connectivity index (χ1v) is 29.6. The normalized spacial score (nSPS) is 14.1. The first kappa shape index (κ1) is 50.0. The first-order chi connectivity index (χ1) is 43.1. The third-order valence-electron chi connectivity index (χ3n) is 17.6. The molecule has 7 aromatic heterocycles. The summed E-state index contributed by atoms with van der Waals surface area (Å²) in [4.78, 5) is 19.2. The average Bonchev–Trinajstić information content (AvgIpc) is 1.74. The molecule has 0 fully saturated rings. The minimum atomic E-state index is 0.0994. The predicted octanol–water partition coefficient (Wildman–Crippen LogP) is 20.4. The maximum atomic E-state index is 6.76. The van der Waals surface area contributed by atoms with E-state index in [0.29, 0.717) is 0 Å². The van der Waals surface area contributed by atoms with E-state index in [9.17, 15) is 0 Å². The summed E-state index contributed by atoms with van der Waals surface area (Å²) in [5, 5.41) is 6.72. The first-order valence-electron chi connectivity index (χ1n) is 29.6. The zero-order valence-electron chi connectivity index (χ0n) is 47.1. The Morgan fingerprint density at radius 1 is 0.287 bits per heavy atom. The monoisotopic (exact) mass is 1110 g/mol. The Morgan fingerprint density at radius 3 is 1.08 bits per heavy atom. The molecule has 7 heteroatoms. The summed E-state index contributed by atoms with van der Waals surface area (Å²) in [5.74, 6) is 0.201. The van der Waals surface area contributed by atoms with Gasteiger partial charge in [0.25, 0.3) is 0 Å². The number of benzene rings is 9. The highest BCUT2D eigenvalue weighted by Gasteiger charge is 2.26. The van der Waals surface area contributed by atoms with Crippen LogP contribution in [0.3, 0.4) is 0 Å². The average molecular weight is 1110 g/mol. The molecule has 0 saturated carbocycles. The molecule has 7 heterocycles. The minimum Gasteiger partial charge on any atom is -0.456 e. The number of nitrogens with zero attached hydrogens (tertiary/aromatic N) is 6. The number of fused-ring (bicyclic) bond motifs is 9. The predicted molar refractivity (Wildman–Crippen MR) is 356 cm³/mol. The summed E-state index contributed by atoms with van der Waals surface area (Å²) in [6.45, 7) is 0. The molecule has 0 radical (unpaired) electrons. The van der Waals surface area contributed by atoms with Crippen LogP contribution in [0, 0.1) is 0 Å². The summed E-state index contributed by atoms with van der Waals surface area (Å²) in [6.07, 6.45) is 16.4. The molecule has 0 spiro atoms. The van der Waals surface area contributed by atoms with E-state index in [1.165, 1.54) is 16.3 Å². The molecule has 0 bridgehead atoms. The molecule has 17 rings (SSSR count). The van der Waals surface area contributed by atoms with Gasteiger partial charge in [-0.05, 0) is 172 Å². The van der Waals surface area contributed by atoms with Gasteiger partial charge >= 0.3 is 0 Å². The molecule has 87 heavy (non-hydrogen) atoms. The fourth-order valence-electron chi connectivity index (χ4n) is 13.6. The lowest BCUT2D eigenvalue weighted by Gasteiger charge is -2.24. The molecule has 1 aliphatic carbocycles. The van der Waals surface area contributed by atoms with Gasteiger partial charge in [-0.3, -0.25) is 19.9 Å². The molecule has 1 aliphatic rings.